The summed E-state index contributed by atoms with van der Waals surface area (Å²) in [4.78, 5) is 0. The van der Waals surface area contributed by atoms with Gasteiger partial charge in [-0.25, -0.2) is 0 Å². The Morgan fingerprint density at radius 1 is 1.00 bits per heavy atom. The second kappa shape index (κ2) is 28.8. The zero-order chi connectivity index (χ0) is 2.00. The molecule has 0 aromatic rings. The summed E-state index contributed by atoms with van der Waals surface area (Å²) in [6.45, 7) is 5.00. The average molecular weight is 160 g/mol. The Bertz CT molecular complexity index is 4.00. The van der Waals surface area contributed by atoms with Gasteiger partial charge in [0.1, 0.15) is 0 Å². The molecule has 17 valence electrons. The van der Waals surface area contributed by atoms with E-state index >= 15 is 0 Å². The molecule has 0 aromatic heterocycles. The van der Waals surface area contributed by atoms with Gasteiger partial charge >= 0.3 is 0 Å². The van der Waals surface area contributed by atoms with Crippen LogP contribution in [-0.2, 0) is 39.0 Å². The molecule has 0 aromatic carbocycles. The van der Waals surface area contributed by atoms with Crippen molar-refractivity contribution in [3.05, 3.63) is 6.92 Å². The summed E-state index contributed by atoms with van der Waals surface area (Å²) in [5.74, 6) is 0. The molecular formula is C2H5Zn2. The van der Waals surface area contributed by atoms with Crippen LogP contribution in [0.5, 0.6) is 0 Å². The number of hydrogen-bond donors (Lipinski definition) is 0. The third-order valence-corrected chi connectivity index (χ3v) is 0. The zero-order valence-corrected chi connectivity index (χ0v) is 9.06. The first-order valence-electron chi connectivity index (χ1n) is 0.707. The van der Waals surface area contributed by atoms with E-state index in [0.717, 1.165) is 0 Å². The van der Waals surface area contributed by atoms with Gasteiger partial charge in [0.05, 0.1) is 0 Å². The first kappa shape index (κ1) is 18.7. The van der Waals surface area contributed by atoms with E-state index in [-0.39, 0.29) is 39.0 Å². The Balaban J connectivity index is -0.00000000500. The first-order valence-corrected chi connectivity index (χ1v) is 0.707. The Hall–Kier alpha value is 1.25. The zero-order valence-electron chi connectivity index (χ0n) is 3.12. The summed E-state index contributed by atoms with van der Waals surface area (Å²) in [5, 5.41) is 0. The largest absolute Gasteiger partial charge is 0.0654 e. The van der Waals surface area contributed by atoms with Crippen molar-refractivity contribution < 1.29 is 39.0 Å². The molecule has 2 heteroatoms. The maximum Gasteiger partial charge on any atom is 0 e. The topological polar surface area (TPSA) is 0 Å². The molecule has 0 atom stereocenters. The molecule has 0 unspecified atom stereocenters. The van der Waals surface area contributed by atoms with Crippen LogP contribution in [0.25, 0.3) is 0 Å². The molecule has 0 heterocycles. The summed E-state index contributed by atoms with van der Waals surface area (Å²) in [7, 11) is 0. The monoisotopic (exact) mass is 157 g/mol. The van der Waals surface area contributed by atoms with E-state index in [4.69, 9.17) is 0 Å². The van der Waals surface area contributed by atoms with Gasteiger partial charge in [-0.05, 0) is 0 Å². The minimum absolute atomic E-state index is 0. The molecule has 0 saturated heterocycles. The average Bonchev–Trinajstić information content (AvgIpc) is 1.00. The Morgan fingerprint density at radius 3 is 1.00 bits per heavy atom. The van der Waals surface area contributed by atoms with Crippen LogP contribution in [0.2, 0.25) is 0 Å². The van der Waals surface area contributed by atoms with Crippen molar-refractivity contribution in [3.63, 3.8) is 0 Å². The van der Waals surface area contributed by atoms with E-state index in [2.05, 4.69) is 6.92 Å². The second-order valence-electron chi connectivity index (χ2n) is 0. The van der Waals surface area contributed by atoms with Crippen molar-refractivity contribution >= 4 is 0 Å². The molecule has 0 N–H and O–H groups in total. The Kier molecular flexibility index (Phi) is 135. The van der Waals surface area contributed by atoms with Gasteiger partial charge in [-0.2, -0.15) is 0 Å². The maximum atomic E-state index is 3.25. The summed E-state index contributed by atoms with van der Waals surface area (Å²) in [5.41, 5.74) is 0. The van der Waals surface area contributed by atoms with Crippen LogP contribution >= 0.6 is 0 Å². The maximum absolute atomic E-state index is 3.25. The predicted octanol–water partition coefficient (Wildman–Crippen LogP) is 0.835. The molecule has 4 heavy (non-hydrogen) atoms. The molecule has 0 rings (SSSR count). The fourth-order valence-corrected chi connectivity index (χ4v) is 0. The predicted molar refractivity (Wildman–Crippen MR) is 11.0 cm³/mol. The summed E-state index contributed by atoms with van der Waals surface area (Å²) in [6.07, 6.45) is 0. The summed E-state index contributed by atoms with van der Waals surface area (Å²) >= 11 is 0. The van der Waals surface area contributed by atoms with Crippen LogP contribution in [0, 0.1) is 6.92 Å². The van der Waals surface area contributed by atoms with Gasteiger partial charge < -0.3 is 0 Å². The summed E-state index contributed by atoms with van der Waals surface area (Å²) < 4.78 is 0. The minimum atomic E-state index is 0. The van der Waals surface area contributed by atoms with E-state index in [1.54, 1.807) is 6.92 Å². The van der Waals surface area contributed by atoms with E-state index in [9.17, 15) is 0 Å². The van der Waals surface area contributed by atoms with Crippen molar-refractivity contribution in [2.45, 2.75) is 6.92 Å². The molecular weight excluding hydrogens is 155 g/mol. The molecule has 0 fully saturated rings. The standard InChI is InChI=1S/C2H5.2Zn/c1-2;;/h1H2,2H3;;. The SMILES string of the molecule is [CH2]C.[Zn].[Zn]. The van der Waals surface area contributed by atoms with E-state index in [0.29, 0.717) is 0 Å². The third-order valence-electron chi connectivity index (χ3n) is 0. The van der Waals surface area contributed by atoms with Crippen molar-refractivity contribution in [2.24, 2.45) is 0 Å². The molecule has 1 radical (unpaired) electrons. The molecule has 0 nitrogen and oxygen atoms in total. The van der Waals surface area contributed by atoms with Gasteiger partial charge in [-0.1, -0.05) is 13.8 Å². The van der Waals surface area contributed by atoms with E-state index < -0.39 is 0 Å². The van der Waals surface area contributed by atoms with Gasteiger partial charge in [0.15, 0.2) is 0 Å². The molecule has 0 amide bonds. The van der Waals surface area contributed by atoms with Crippen LogP contribution in [0.1, 0.15) is 6.92 Å². The first-order chi connectivity index (χ1) is 1.00. The van der Waals surface area contributed by atoms with Crippen LogP contribution < -0.4 is 0 Å². The third kappa shape index (κ3) is 10.5. The van der Waals surface area contributed by atoms with Crippen molar-refractivity contribution in [3.8, 4) is 0 Å². The van der Waals surface area contributed by atoms with Gasteiger partial charge in [-0.15, -0.1) is 0 Å². The van der Waals surface area contributed by atoms with Crippen LogP contribution in [0.15, 0.2) is 0 Å². The second-order valence-corrected chi connectivity index (χ2v) is 0. The van der Waals surface area contributed by atoms with Crippen LogP contribution in [0.3, 0.4) is 0 Å². The molecule has 0 bridgehead atoms. The molecule has 0 spiro atoms. The van der Waals surface area contributed by atoms with Gasteiger partial charge in [0, 0.05) is 39.0 Å². The Labute approximate surface area is 52.9 Å². The van der Waals surface area contributed by atoms with E-state index in [1.165, 1.54) is 0 Å². The summed E-state index contributed by atoms with van der Waals surface area (Å²) in [6, 6.07) is 0. The Morgan fingerprint density at radius 2 is 1.00 bits per heavy atom. The molecule has 0 saturated carbocycles. The normalized spacial score (nSPS) is 1.50. The van der Waals surface area contributed by atoms with E-state index in [1.807, 2.05) is 0 Å². The fraction of sp³-hybridized carbons (Fsp3) is 0.500. The van der Waals surface area contributed by atoms with Gasteiger partial charge in [0.25, 0.3) is 0 Å². The molecule has 0 aliphatic rings. The fourth-order valence-electron chi connectivity index (χ4n) is 0. The van der Waals surface area contributed by atoms with Crippen molar-refractivity contribution in [2.75, 3.05) is 0 Å². The van der Waals surface area contributed by atoms with Crippen LogP contribution in [-0.4, -0.2) is 0 Å². The smallest absolute Gasteiger partial charge is 0 e. The van der Waals surface area contributed by atoms with Crippen LogP contribution in [0.4, 0.5) is 0 Å². The number of rotatable bonds is 0. The molecule has 0 aliphatic heterocycles. The number of hydrogen-bond acceptors (Lipinski definition) is 0. The van der Waals surface area contributed by atoms with Gasteiger partial charge in [0.2, 0.25) is 0 Å². The molecule has 0 aliphatic carbocycles. The van der Waals surface area contributed by atoms with Crippen molar-refractivity contribution in [1.82, 2.24) is 0 Å². The van der Waals surface area contributed by atoms with Crippen molar-refractivity contribution in [1.29, 1.82) is 0 Å². The minimum Gasteiger partial charge on any atom is -0.0654 e. The van der Waals surface area contributed by atoms with Gasteiger partial charge in [-0.3, -0.25) is 0 Å². The quantitative estimate of drug-likeness (QED) is 0.460.